The molecule has 27 heavy (non-hydrogen) atoms. The highest BCUT2D eigenvalue weighted by atomic mass is 15.4. The Labute approximate surface area is 167 Å². The summed E-state index contributed by atoms with van der Waals surface area (Å²) in [4.78, 5) is 2.54. The monoisotopic (exact) mass is 367 g/mol. The summed E-state index contributed by atoms with van der Waals surface area (Å²) in [5.74, 6) is 0. The van der Waals surface area contributed by atoms with E-state index in [9.17, 15) is 0 Å². The number of benzene rings is 1. The van der Waals surface area contributed by atoms with Gasteiger partial charge in [-0.15, -0.1) is 0 Å². The van der Waals surface area contributed by atoms with Crippen LogP contribution in [-0.2, 0) is 12.8 Å². The van der Waals surface area contributed by atoms with Gasteiger partial charge in [-0.05, 0) is 69.6 Å². The van der Waals surface area contributed by atoms with Crippen LogP contribution in [0.4, 0.5) is 0 Å². The van der Waals surface area contributed by atoms with Gasteiger partial charge in [-0.2, -0.15) is 0 Å². The van der Waals surface area contributed by atoms with Gasteiger partial charge in [0.15, 0.2) is 0 Å². The van der Waals surface area contributed by atoms with E-state index in [-0.39, 0.29) is 0 Å². The molecule has 1 fully saturated rings. The molecule has 2 aliphatic rings. The summed E-state index contributed by atoms with van der Waals surface area (Å²) in [7, 11) is 0. The van der Waals surface area contributed by atoms with Crippen molar-refractivity contribution in [3.8, 4) is 0 Å². The van der Waals surface area contributed by atoms with Crippen LogP contribution in [0.5, 0.6) is 0 Å². The summed E-state index contributed by atoms with van der Waals surface area (Å²) < 4.78 is 1.34. The van der Waals surface area contributed by atoms with Crippen LogP contribution in [0.1, 0.15) is 57.1 Å². The second-order valence-electron chi connectivity index (χ2n) is 8.59. The molecular formula is C25H39N2+. The summed E-state index contributed by atoms with van der Waals surface area (Å²) in [5.41, 5.74) is 4.14. The lowest BCUT2D eigenvalue weighted by Gasteiger charge is -2.47. The van der Waals surface area contributed by atoms with E-state index in [0.717, 1.165) is 31.1 Å². The molecule has 2 nitrogen and oxygen atoms in total. The van der Waals surface area contributed by atoms with Crippen molar-refractivity contribution in [2.24, 2.45) is 0 Å². The van der Waals surface area contributed by atoms with Crippen molar-refractivity contribution in [1.82, 2.24) is 4.90 Å². The molecule has 3 rings (SSSR count). The van der Waals surface area contributed by atoms with E-state index in [4.69, 9.17) is 0 Å². The van der Waals surface area contributed by atoms with Gasteiger partial charge in [-0.3, -0.25) is 0 Å². The van der Waals surface area contributed by atoms with Gasteiger partial charge >= 0.3 is 0 Å². The SMILES string of the molecule is C=CC(=C)N(CCCC1CCCC[N+]1(CC)CC)C1Cc2ccccc2C1. The third-order valence-electron chi connectivity index (χ3n) is 7.44. The maximum absolute atomic E-state index is 4.31. The highest BCUT2D eigenvalue weighted by Crippen LogP contribution is 2.31. The Morgan fingerprint density at radius 2 is 1.81 bits per heavy atom. The van der Waals surface area contributed by atoms with E-state index in [2.05, 4.69) is 56.2 Å². The second kappa shape index (κ2) is 9.10. The van der Waals surface area contributed by atoms with Crippen LogP contribution in [0.15, 0.2) is 49.2 Å². The van der Waals surface area contributed by atoms with Crippen LogP contribution in [0, 0.1) is 0 Å². The first-order valence-electron chi connectivity index (χ1n) is 11.1. The zero-order valence-corrected chi connectivity index (χ0v) is 17.6. The molecule has 1 heterocycles. The normalized spacial score (nSPS) is 21.6. The Bertz CT molecular complexity index is 618. The minimum atomic E-state index is 0.552. The van der Waals surface area contributed by atoms with Gasteiger partial charge in [0.05, 0.1) is 25.7 Å². The molecule has 1 aliphatic heterocycles. The Morgan fingerprint density at radius 1 is 1.15 bits per heavy atom. The molecule has 0 bridgehead atoms. The van der Waals surface area contributed by atoms with Gasteiger partial charge < -0.3 is 9.38 Å². The van der Waals surface area contributed by atoms with Gasteiger partial charge in [-0.1, -0.05) is 37.4 Å². The van der Waals surface area contributed by atoms with E-state index in [1.807, 2.05) is 6.08 Å². The van der Waals surface area contributed by atoms with Crippen LogP contribution in [0.25, 0.3) is 0 Å². The number of hydrogen-bond acceptors (Lipinski definition) is 1. The number of likely N-dealkylation sites (tertiary alicyclic amines) is 1. The lowest BCUT2D eigenvalue weighted by atomic mass is 9.94. The Balaban J connectivity index is 1.61. The molecule has 1 unspecified atom stereocenters. The van der Waals surface area contributed by atoms with E-state index in [1.165, 1.54) is 67.3 Å². The fraction of sp³-hybridized carbons (Fsp3) is 0.600. The first-order chi connectivity index (χ1) is 13.1. The zero-order valence-electron chi connectivity index (χ0n) is 17.6. The Kier molecular flexibility index (Phi) is 6.81. The summed E-state index contributed by atoms with van der Waals surface area (Å²) in [6.45, 7) is 18.2. The number of fused-ring (bicyclic) bond motifs is 1. The van der Waals surface area contributed by atoms with Crippen LogP contribution in [-0.4, -0.2) is 47.6 Å². The molecule has 1 aromatic rings. The van der Waals surface area contributed by atoms with Crippen molar-refractivity contribution >= 4 is 0 Å². The fourth-order valence-electron chi connectivity index (χ4n) is 5.67. The predicted octanol–water partition coefficient (Wildman–Crippen LogP) is 5.34. The van der Waals surface area contributed by atoms with Crippen molar-refractivity contribution in [1.29, 1.82) is 0 Å². The molecule has 0 amide bonds. The fourth-order valence-corrected chi connectivity index (χ4v) is 5.67. The first kappa shape index (κ1) is 20.2. The highest BCUT2D eigenvalue weighted by Gasteiger charge is 2.36. The van der Waals surface area contributed by atoms with E-state index < -0.39 is 0 Å². The largest absolute Gasteiger partial charge is 0.368 e. The number of hydrogen-bond donors (Lipinski definition) is 0. The van der Waals surface area contributed by atoms with Crippen molar-refractivity contribution in [3.05, 3.63) is 60.3 Å². The van der Waals surface area contributed by atoms with E-state index in [0.29, 0.717) is 6.04 Å². The van der Waals surface area contributed by atoms with Gasteiger partial charge in [-0.25, -0.2) is 0 Å². The Morgan fingerprint density at radius 3 is 2.41 bits per heavy atom. The maximum Gasteiger partial charge on any atom is 0.0890 e. The molecule has 0 aromatic heterocycles. The Hall–Kier alpha value is -1.54. The number of allylic oxidation sites excluding steroid dienone is 1. The summed E-state index contributed by atoms with van der Waals surface area (Å²) in [6, 6.07) is 10.3. The van der Waals surface area contributed by atoms with Crippen LogP contribution >= 0.6 is 0 Å². The average Bonchev–Trinajstić information content (AvgIpc) is 3.14. The maximum atomic E-state index is 4.31. The van der Waals surface area contributed by atoms with Gasteiger partial charge in [0.2, 0.25) is 0 Å². The summed E-state index contributed by atoms with van der Waals surface area (Å²) >= 11 is 0. The van der Waals surface area contributed by atoms with E-state index >= 15 is 0 Å². The molecule has 1 aromatic carbocycles. The molecule has 0 spiro atoms. The molecule has 1 aliphatic carbocycles. The summed E-state index contributed by atoms with van der Waals surface area (Å²) in [6.07, 6.45) is 11.1. The number of rotatable bonds is 9. The molecule has 0 saturated carbocycles. The third-order valence-corrected chi connectivity index (χ3v) is 7.44. The molecule has 2 heteroatoms. The molecular weight excluding hydrogens is 328 g/mol. The number of nitrogens with zero attached hydrogens (tertiary/aromatic N) is 2. The van der Waals surface area contributed by atoms with Gasteiger partial charge in [0.25, 0.3) is 0 Å². The van der Waals surface area contributed by atoms with Gasteiger partial charge in [0.1, 0.15) is 0 Å². The van der Waals surface area contributed by atoms with Crippen molar-refractivity contribution in [3.63, 3.8) is 0 Å². The first-order valence-corrected chi connectivity index (χ1v) is 11.1. The lowest BCUT2D eigenvalue weighted by Crippen LogP contribution is -2.57. The number of piperidine rings is 1. The topological polar surface area (TPSA) is 3.24 Å². The molecule has 1 atom stereocenters. The molecule has 0 N–H and O–H groups in total. The molecule has 0 radical (unpaired) electrons. The zero-order chi connectivity index (χ0) is 19.3. The summed E-state index contributed by atoms with van der Waals surface area (Å²) in [5, 5.41) is 0. The number of quaternary nitrogens is 1. The second-order valence-corrected chi connectivity index (χ2v) is 8.59. The average molecular weight is 368 g/mol. The van der Waals surface area contributed by atoms with E-state index in [1.54, 1.807) is 0 Å². The van der Waals surface area contributed by atoms with Crippen molar-refractivity contribution in [2.75, 3.05) is 26.2 Å². The third kappa shape index (κ3) is 4.32. The van der Waals surface area contributed by atoms with Crippen LogP contribution in [0.2, 0.25) is 0 Å². The predicted molar refractivity (Wildman–Crippen MR) is 117 cm³/mol. The van der Waals surface area contributed by atoms with Crippen LogP contribution in [0.3, 0.4) is 0 Å². The minimum Gasteiger partial charge on any atom is -0.368 e. The van der Waals surface area contributed by atoms with Crippen molar-refractivity contribution < 1.29 is 4.48 Å². The van der Waals surface area contributed by atoms with Crippen LogP contribution < -0.4 is 0 Å². The quantitative estimate of drug-likeness (QED) is 0.420. The smallest absolute Gasteiger partial charge is 0.0890 e. The minimum absolute atomic E-state index is 0.552. The molecule has 148 valence electrons. The lowest BCUT2D eigenvalue weighted by molar-refractivity contribution is -0.953. The van der Waals surface area contributed by atoms with Gasteiger partial charge in [0, 0.05) is 24.7 Å². The standard InChI is InChI=1S/C25H39N2/c1-5-21(4)26(24-19-22-13-8-9-14-23(22)20-24)17-12-16-25-15-10-11-18-27(25,6-2)7-3/h5,8-9,13-14,24-25H,1,4,6-7,10-12,15-20H2,2-3H3/q+1. The highest BCUT2D eigenvalue weighted by molar-refractivity contribution is 5.34. The van der Waals surface area contributed by atoms with Crippen molar-refractivity contribution in [2.45, 2.75) is 70.9 Å². The molecule has 1 saturated heterocycles.